The van der Waals surface area contributed by atoms with Crippen molar-refractivity contribution in [3.63, 3.8) is 0 Å². The molecule has 1 amide bonds. The topological polar surface area (TPSA) is 62.5 Å². The zero-order valence-electron chi connectivity index (χ0n) is 15.7. The van der Waals surface area contributed by atoms with E-state index in [2.05, 4.69) is 0 Å². The number of pyridine rings is 1. The molecule has 5 heteroatoms. The number of para-hydroxylation sites is 1. The minimum atomic E-state index is -0.542. The zero-order valence-corrected chi connectivity index (χ0v) is 15.7. The average Bonchev–Trinajstić information content (AvgIpc) is 2.65. The molecule has 1 heterocycles. The van der Waals surface area contributed by atoms with Gasteiger partial charge in [-0.15, -0.1) is 0 Å². The van der Waals surface area contributed by atoms with Crippen LogP contribution >= 0.6 is 0 Å². The van der Waals surface area contributed by atoms with Gasteiger partial charge in [0.05, 0.1) is 5.52 Å². The smallest absolute Gasteiger partial charge is 0.267 e. The number of carbonyl (C=O) groups is 1. The van der Waals surface area contributed by atoms with Gasteiger partial charge in [0, 0.05) is 25.2 Å². The molecule has 0 saturated heterocycles. The lowest BCUT2D eigenvalue weighted by atomic mass is 10.1. The van der Waals surface area contributed by atoms with Crippen LogP contribution in [0.2, 0.25) is 0 Å². The lowest BCUT2D eigenvalue weighted by Gasteiger charge is -2.19. The summed E-state index contributed by atoms with van der Waals surface area (Å²) in [6.07, 6.45) is 5.33. The van der Waals surface area contributed by atoms with E-state index in [1.54, 1.807) is 63.5 Å². The first-order chi connectivity index (χ1) is 11.9. The van der Waals surface area contributed by atoms with Crippen LogP contribution in [0.4, 0.5) is 0 Å². The van der Waals surface area contributed by atoms with Crippen molar-refractivity contribution in [2.75, 3.05) is 7.05 Å². The first kappa shape index (κ1) is 20.2. The summed E-state index contributed by atoms with van der Waals surface area (Å²) in [7, 11) is 3.16. The number of aromatic hydroxyl groups is 1. The summed E-state index contributed by atoms with van der Waals surface area (Å²) in [5.41, 5.74) is 0.479. The summed E-state index contributed by atoms with van der Waals surface area (Å²) < 4.78 is 1.38. The van der Waals surface area contributed by atoms with Crippen molar-refractivity contribution < 1.29 is 9.90 Å². The van der Waals surface area contributed by atoms with E-state index >= 15 is 0 Å². The normalized spacial score (nSPS) is 11.4. The van der Waals surface area contributed by atoms with E-state index in [4.69, 9.17) is 0 Å². The third kappa shape index (κ3) is 3.82. The molecule has 2 aromatic rings. The molecule has 0 aliphatic heterocycles. The van der Waals surface area contributed by atoms with E-state index in [0.717, 1.165) is 0 Å². The Labute approximate surface area is 148 Å². The monoisotopic (exact) mass is 342 g/mol. The predicted molar refractivity (Wildman–Crippen MR) is 103 cm³/mol. The van der Waals surface area contributed by atoms with Gasteiger partial charge in [-0.25, -0.2) is 0 Å². The quantitative estimate of drug-likeness (QED) is 0.863. The van der Waals surface area contributed by atoms with Crippen LogP contribution in [0.1, 0.15) is 38.1 Å². The fraction of sp³-hybridized carbons (Fsp3) is 0.300. The highest BCUT2D eigenvalue weighted by Crippen LogP contribution is 2.27. The lowest BCUT2D eigenvalue weighted by molar-refractivity contribution is 0.0835. The van der Waals surface area contributed by atoms with E-state index in [1.165, 1.54) is 9.47 Å². The summed E-state index contributed by atoms with van der Waals surface area (Å²) in [6, 6.07) is 6.94. The molecule has 25 heavy (non-hydrogen) atoms. The third-order valence-electron chi connectivity index (χ3n) is 3.81. The van der Waals surface area contributed by atoms with E-state index < -0.39 is 11.5 Å². The molecule has 0 atom stereocenters. The molecule has 1 aromatic carbocycles. The predicted octanol–water partition coefficient (Wildman–Crippen LogP) is 3.82. The van der Waals surface area contributed by atoms with Gasteiger partial charge in [0.15, 0.2) is 0 Å². The van der Waals surface area contributed by atoms with Gasteiger partial charge in [-0.3, -0.25) is 9.59 Å². The van der Waals surface area contributed by atoms with E-state index in [0.29, 0.717) is 16.6 Å². The molecule has 0 bridgehead atoms. The van der Waals surface area contributed by atoms with Crippen LogP contribution in [-0.2, 0) is 7.05 Å². The van der Waals surface area contributed by atoms with Gasteiger partial charge in [0.25, 0.3) is 11.5 Å². The van der Waals surface area contributed by atoms with Gasteiger partial charge in [-0.1, -0.05) is 38.1 Å². The van der Waals surface area contributed by atoms with Crippen molar-refractivity contribution in [2.45, 2.75) is 27.7 Å². The van der Waals surface area contributed by atoms with Gasteiger partial charge in [-0.2, -0.15) is 0 Å². The second-order valence-corrected chi connectivity index (χ2v) is 5.18. The number of allylic oxidation sites excluding steroid dienone is 3. The van der Waals surface area contributed by atoms with Crippen LogP contribution in [0.5, 0.6) is 5.75 Å². The molecule has 1 aromatic heterocycles. The molecule has 5 nitrogen and oxygen atoms in total. The van der Waals surface area contributed by atoms with Crippen molar-refractivity contribution in [3.8, 4) is 5.75 Å². The largest absolute Gasteiger partial charge is 0.506 e. The second kappa shape index (κ2) is 8.87. The number of aryl methyl sites for hydroxylation is 1. The second-order valence-electron chi connectivity index (χ2n) is 5.18. The van der Waals surface area contributed by atoms with Gasteiger partial charge in [-0.05, 0) is 32.1 Å². The van der Waals surface area contributed by atoms with Crippen LogP contribution in [0, 0.1) is 0 Å². The zero-order chi connectivity index (χ0) is 19.1. The molecule has 0 saturated carbocycles. The highest BCUT2D eigenvalue weighted by Gasteiger charge is 2.24. The molecule has 0 aliphatic rings. The summed E-state index contributed by atoms with van der Waals surface area (Å²) in [5.74, 6) is -0.823. The molecule has 0 aliphatic carbocycles. The molecule has 2 rings (SSSR count). The molecule has 0 radical (unpaired) electrons. The lowest BCUT2D eigenvalue weighted by Crippen LogP contribution is -2.33. The third-order valence-corrected chi connectivity index (χ3v) is 3.81. The fourth-order valence-corrected chi connectivity index (χ4v) is 2.53. The number of rotatable bonds is 3. The highest BCUT2D eigenvalue weighted by molar-refractivity contribution is 6.02. The molecule has 0 unspecified atom stereocenters. The van der Waals surface area contributed by atoms with Crippen molar-refractivity contribution >= 4 is 16.8 Å². The number of likely N-dealkylation sites (N-methyl/N-ethyl adjacent to an activating group) is 1. The van der Waals surface area contributed by atoms with Crippen LogP contribution in [0.25, 0.3) is 10.9 Å². The molecule has 134 valence electrons. The standard InChI is InChI=1S/C18H20N2O3.C2H6/c1-5-9-12(6-2)19(3)17(22)15-16(21)13-10-7-8-11-14(13)20(4)18(15)23;1-2/h5-11,21H,1-4H3;1-2H3/b9-5-,12-6+;. The van der Waals surface area contributed by atoms with E-state index in [1.807, 2.05) is 20.8 Å². The molecule has 1 N–H and O–H groups in total. The van der Waals surface area contributed by atoms with Crippen LogP contribution in [-0.4, -0.2) is 27.5 Å². The van der Waals surface area contributed by atoms with Gasteiger partial charge in [0.2, 0.25) is 0 Å². The summed E-state index contributed by atoms with van der Waals surface area (Å²) in [6.45, 7) is 7.64. The SMILES string of the molecule is C/C=C\C(=C/C)N(C)C(=O)c1c(O)c2ccccc2n(C)c1=O.CC. The Morgan fingerprint density at radius 1 is 1.20 bits per heavy atom. The Bertz CT molecular complexity index is 876. The number of fused-ring (bicyclic) bond motifs is 1. The number of carbonyl (C=O) groups excluding carboxylic acids is 1. The highest BCUT2D eigenvalue weighted by atomic mass is 16.3. The Balaban J connectivity index is 0.00000151. The maximum Gasteiger partial charge on any atom is 0.267 e. The maximum absolute atomic E-state index is 12.7. The number of amides is 1. The summed E-state index contributed by atoms with van der Waals surface area (Å²) >= 11 is 0. The number of aromatic nitrogens is 1. The molecular weight excluding hydrogens is 316 g/mol. The number of hydrogen-bond donors (Lipinski definition) is 1. The van der Waals surface area contributed by atoms with Crippen LogP contribution < -0.4 is 5.56 Å². The molecular formula is C20H26N2O3. The van der Waals surface area contributed by atoms with Crippen molar-refractivity contribution in [1.29, 1.82) is 0 Å². The van der Waals surface area contributed by atoms with Crippen molar-refractivity contribution in [2.24, 2.45) is 7.05 Å². The Kier molecular flexibility index (Phi) is 7.18. The Morgan fingerprint density at radius 2 is 1.80 bits per heavy atom. The molecule has 0 fully saturated rings. The van der Waals surface area contributed by atoms with Gasteiger partial charge >= 0.3 is 0 Å². The first-order valence-electron chi connectivity index (χ1n) is 8.31. The van der Waals surface area contributed by atoms with Crippen LogP contribution in [0.15, 0.2) is 53.0 Å². The van der Waals surface area contributed by atoms with Crippen LogP contribution in [0.3, 0.4) is 0 Å². The van der Waals surface area contributed by atoms with E-state index in [-0.39, 0.29) is 11.3 Å². The number of nitrogens with zero attached hydrogens (tertiary/aromatic N) is 2. The summed E-state index contributed by atoms with van der Waals surface area (Å²) in [4.78, 5) is 26.6. The Hall–Kier alpha value is -2.82. The summed E-state index contributed by atoms with van der Waals surface area (Å²) in [5, 5.41) is 10.9. The van der Waals surface area contributed by atoms with Crippen molar-refractivity contribution in [3.05, 3.63) is 64.1 Å². The molecule has 0 spiro atoms. The fourth-order valence-electron chi connectivity index (χ4n) is 2.53. The minimum absolute atomic E-state index is 0.224. The number of hydrogen-bond acceptors (Lipinski definition) is 3. The minimum Gasteiger partial charge on any atom is -0.506 e. The van der Waals surface area contributed by atoms with Crippen molar-refractivity contribution in [1.82, 2.24) is 9.47 Å². The van der Waals surface area contributed by atoms with Gasteiger partial charge < -0.3 is 14.6 Å². The first-order valence-corrected chi connectivity index (χ1v) is 8.31. The van der Waals surface area contributed by atoms with Gasteiger partial charge in [0.1, 0.15) is 11.3 Å². The maximum atomic E-state index is 12.7. The average molecular weight is 342 g/mol. The Morgan fingerprint density at radius 3 is 2.36 bits per heavy atom. The van der Waals surface area contributed by atoms with E-state index in [9.17, 15) is 14.7 Å². The number of benzene rings is 1.